The Morgan fingerprint density at radius 3 is 2.64 bits per heavy atom. The van der Waals surface area contributed by atoms with Gasteiger partial charge in [-0.2, -0.15) is 4.80 Å². The first kappa shape index (κ1) is 17.9. The molecule has 1 heterocycles. The average Bonchev–Trinajstić information content (AvgIpc) is 3.15. The number of aromatic nitrogens is 4. The molecule has 0 saturated carbocycles. The second kappa shape index (κ2) is 7.60. The van der Waals surface area contributed by atoms with E-state index in [0.717, 1.165) is 27.5 Å². The van der Waals surface area contributed by atoms with Crippen molar-refractivity contribution in [3.8, 4) is 11.4 Å². The molecule has 0 aliphatic heterocycles. The Morgan fingerprint density at radius 2 is 1.79 bits per heavy atom. The van der Waals surface area contributed by atoms with Gasteiger partial charge in [0.25, 0.3) is 0 Å². The fourth-order valence-corrected chi connectivity index (χ4v) is 3.36. The summed E-state index contributed by atoms with van der Waals surface area (Å²) in [5.74, 6) is 0.363. The van der Waals surface area contributed by atoms with Gasteiger partial charge in [0, 0.05) is 5.56 Å². The number of fused-ring (bicyclic) bond motifs is 1. The molecule has 4 aromatic rings. The van der Waals surface area contributed by atoms with Gasteiger partial charge in [-0.25, -0.2) is 0 Å². The molecule has 0 aliphatic rings. The van der Waals surface area contributed by atoms with Crippen LogP contribution in [0.15, 0.2) is 66.7 Å². The van der Waals surface area contributed by atoms with Crippen LogP contribution in [0.1, 0.15) is 24.1 Å². The number of nitrogens with one attached hydrogen (secondary N) is 1. The molecule has 140 valence electrons. The zero-order chi connectivity index (χ0) is 19.5. The molecule has 1 atom stereocenters. The van der Waals surface area contributed by atoms with E-state index in [2.05, 4.69) is 38.9 Å². The van der Waals surface area contributed by atoms with E-state index in [9.17, 15) is 4.79 Å². The molecule has 6 heteroatoms. The highest BCUT2D eigenvalue weighted by Crippen LogP contribution is 2.24. The molecule has 0 radical (unpaired) electrons. The summed E-state index contributed by atoms with van der Waals surface area (Å²) in [6.45, 7) is 4.00. The number of benzene rings is 3. The second-order valence-corrected chi connectivity index (χ2v) is 6.82. The van der Waals surface area contributed by atoms with Gasteiger partial charge in [0.2, 0.25) is 11.7 Å². The van der Waals surface area contributed by atoms with E-state index in [1.807, 2.05) is 62.4 Å². The molecule has 6 nitrogen and oxygen atoms in total. The molecule has 0 aliphatic carbocycles. The van der Waals surface area contributed by atoms with Gasteiger partial charge in [0.15, 0.2) is 0 Å². The average molecular weight is 371 g/mol. The number of amides is 1. The van der Waals surface area contributed by atoms with Crippen molar-refractivity contribution in [2.24, 2.45) is 0 Å². The molecule has 1 amide bonds. The third-order valence-corrected chi connectivity index (χ3v) is 4.79. The first-order valence-corrected chi connectivity index (χ1v) is 9.22. The first-order chi connectivity index (χ1) is 13.6. The summed E-state index contributed by atoms with van der Waals surface area (Å²) in [5.41, 5.74) is 3.06. The summed E-state index contributed by atoms with van der Waals surface area (Å²) < 4.78 is 0. The minimum atomic E-state index is -0.158. The van der Waals surface area contributed by atoms with Crippen LogP contribution in [0.3, 0.4) is 0 Å². The monoisotopic (exact) mass is 371 g/mol. The molecule has 0 fully saturated rings. The van der Waals surface area contributed by atoms with Crippen molar-refractivity contribution in [1.82, 2.24) is 25.5 Å². The molecule has 3 aromatic carbocycles. The van der Waals surface area contributed by atoms with E-state index >= 15 is 0 Å². The van der Waals surface area contributed by atoms with Gasteiger partial charge >= 0.3 is 0 Å². The van der Waals surface area contributed by atoms with Crippen molar-refractivity contribution in [3.63, 3.8) is 0 Å². The van der Waals surface area contributed by atoms with Crippen LogP contribution >= 0.6 is 0 Å². The Morgan fingerprint density at radius 1 is 1.04 bits per heavy atom. The van der Waals surface area contributed by atoms with E-state index in [0.29, 0.717) is 5.82 Å². The van der Waals surface area contributed by atoms with Crippen molar-refractivity contribution in [2.45, 2.75) is 26.4 Å². The Balaban J connectivity index is 1.47. The Bertz CT molecular complexity index is 1130. The Hall–Kier alpha value is -3.54. The predicted molar refractivity (Wildman–Crippen MR) is 108 cm³/mol. The first-order valence-electron chi connectivity index (χ1n) is 9.22. The van der Waals surface area contributed by atoms with Gasteiger partial charge < -0.3 is 5.32 Å². The highest BCUT2D eigenvalue weighted by molar-refractivity contribution is 5.86. The van der Waals surface area contributed by atoms with Crippen molar-refractivity contribution in [3.05, 3.63) is 77.9 Å². The van der Waals surface area contributed by atoms with Gasteiger partial charge in [-0.1, -0.05) is 66.7 Å². The minimum absolute atomic E-state index is 0.0218. The standard InChI is InChI=1S/C22H21N5O/c1-15-8-3-5-11-18(15)22-24-26-27(25-22)14-21(28)23-16(2)19-13-7-10-17-9-4-6-12-20(17)19/h3-13,16H,14H2,1-2H3,(H,23,28)/t16-/m1/s1. The van der Waals surface area contributed by atoms with Gasteiger partial charge in [0.05, 0.1) is 6.04 Å². The van der Waals surface area contributed by atoms with Crippen molar-refractivity contribution >= 4 is 16.7 Å². The summed E-state index contributed by atoms with van der Waals surface area (Å²) in [7, 11) is 0. The van der Waals surface area contributed by atoms with E-state index in [-0.39, 0.29) is 18.5 Å². The van der Waals surface area contributed by atoms with Crippen molar-refractivity contribution in [1.29, 1.82) is 0 Å². The number of nitrogens with zero attached hydrogens (tertiary/aromatic N) is 4. The smallest absolute Gasteiger partial charge is 0.244 e. The van der Waals surface area contributed by atoms with Crippen LogP contribution in [0.4, 0.5) is 0 Å². The van der Waals surface area contributed by atoms with Gasteiger partial charge in [-0.05, 0) is 41.0 Å². The van der Waals surface area contributed by atoms with Crippen molar-refractivity contribution in [2.75, 3.05) is 0 Å². The van der Waals surface area contributed by atoms with Crippen LogP contribution in [0.25, 0.3) is 22.2 Å². The van der Waals surface area contributed by atoms with Crippen molar-refractivity contribution < 1.29 is 4.79 Å². The predicted octanol–water partition coefficient (Wildman–Crippen LogP) is 3.68. The topological polar surface area (TPSA) is 72.7 Å². The largest absolute Gasteiger partial charge is 0.348 e. The van der Waals surface area contributed by atoms with Gasteiger partial charge in [-0.3, -0.25) is 4.79 Å². The third kappa shape index (κ3) is 3.62. The summed E-state index contributed by atoms with van der Waals surface area (Å²) >= 11 is 0. The number of hydrogen-bond acceptors (Lipinski definition) is 4. The zero-order valence-corrected chi connectivity index (χ0v) is 15.8. The summed E-state index contributed by atoms with van der Waals surface area (Å²) in [6.07, 6.45) is 0. The highest BCUT2D eigenvalue weighted by atomic mass is 16.2. The highest BCUT2D eigenvalue weighted by Gasteiger charge is 2.15. The zero-order valence-electron chi connectivity index (χ0n) is 15.8. The minimum Gasteiger partial charge on any atom is -0.348 e. The molecule has 0 bridgehead atoms. The maximum atomic E-state index is 12.5. The fraction of sp³-hybridized carbons (Fsp3) is 0.182. The Labute approximate surface area is 163 Å². The molecule has 0 unspecified atom stereocenters. The van der Waals surface area contributed by atoms with Crippen LogP contribution in [0.5, 0.6) is 0 Å². The number of rotatable bonds is 5. The lowest BCUT2D eigenvalue weighted by Crippen LogP contribution is -2.31. The number of carbonyl (C=O) groups is 1. The van der Waals surface area contributed by atoms with Crippen LogP contribution in [0, 0.1) is 6.92 Å². The summed E-state index contributed by atoms with van der Waals surface area (Å²) in [6, 6.07) is 22.0. The maximum Gasteiger partial charge on any atom is 0.244 e. The van der Waals surface area contributed by atoms with E-state index < -0.39 is 0 Å². The van der Waals surface area contributed by atoms with Gasteiger partial charge in [0.1, 0.15) is 6.54 Å². The Kier molecular flexibility index (Phi) is 4.85. The quantitative estimate of drug-likeness (QED) is 0.581. The molecule has 1 aromatic heterocycles. The number of tetrazole rings is 1. The number of aryl methyl sites for hydroxylation is 1. The van der Waals surface area contributed by atoms with Crippen LogP contribution in [0.2, 0.25) is 0 Å². The third-order valence-electron chi connectivity index (χ3n) is 4.79. The maximum absolute atomic E-state index is 12.5. The lowest BCUT2D eigenvalue weighted by molar-refractivity contribution is -0.122. The second-order valence-electron chi connectivity index (χ2n) is 6.82. The molecular weight excluding hydrogens is 350 g/mol. The van der Waals surface area contributed by atoms with Crippen LogP contribution in [-0.2, 0) is 11.3 Å². The summed E-state index contributed by atoms with van der Waals surface area (Å²) in [4.78, 5) is 13.8. The fourth-order valence-electron chi connectivity index (χ4n) is 3.36. The molecule has 4 rings (SSSR count). The van der Waals surface area contributed by atoms with Crippen LogP contribution in [-0.4, -0.2) is 26.1 Å². The SMILES string of the molecule is Cc1ccccc1-c1nnn(CC(=O)N[C@H](C)c2cccc3ccccc23)n1. The molecule has 0 saturated heterocycles. The lowest BCUT2D eigenvalue weighted by atomic mass is 10.00. The molecule has 1 N–H and O–H groups in total. The molecule has 0 spiro atoms. The van der Waals surface area contributed by atoms with E-state index in [1.165, 1.54) is 4.80 Å². The molecule has 28 heavy (non-hydrogen) atoms. The number of carbonyl (C=O) groups excluding carboxylic acids is 1. The lowest BCUT2D eigenvalue weighted by Gasteiger charge is -2.16. The van der Waals surface area contributed by atoms with Gasteiger partial charge in [-0.15, -0.1) is 10.2 Å². The van der Waals surface area contributed by atoms with E-state index in [1.54, 1.807) is 0 Å². The molecular formula is C22H21N5O. The normalized spacial score (nSPS) is 12.1. The summed E-state index contributed by atoms with van der Waals surface area (Å²) in [5, 5.41) is 17.8. The number of hydrogen-bond donors (Lipinski definition) is 1. The van der Waals surface area contributed by atoms with E-state index in [4.69, 9.17) is 0 Å². The van der Waals surface area contributed by atoms with Crippen LogP contribution < -0.4 is 5.32 Å².